The topological polar surface area (TPSA) is 59.6 Å². The summed E-state index contributed by atoms with van der Waals surface area (Å²) in [6.07, 6.45) is 3.61. The lowest BCUT2D eigenvalue weighted by Crippen LogP contribution is -2.38. The molecule has 0 unspecified atom stereocenters. The van der Waals surface area contributed by atoms with Gasteiger partial charge in [0.25, 0.3) is 0 Å². The van der Waals surface area contributed by atoms with Crippen molar-refractivity contribution in [3.8, 4) is 0 Å². The van der Waals surface area contributed by atoms with E-state index in [9.17, 15) is 4.79 Å². The highest BCUT2D eigenvalue weighted by molar-refractivity contribution is 5.73. The second-order valence-electron chi connectivity index (χ2n) is 6.36. The Morgan fingerprint density at radius 3 is 2.91 bits per heavy atom. The van der Waals surface area contributed by atoms with E-state index in [1.807, 2.05) is 6.07 Å². The van der Waals surface area contributed by atoms with Crippen LogP contribution in [0.5, 0.6) is 0 Å². The first-order chi connectivity index (χ1) is 11.3. The first kappa shape index (κ1) is 16.3. The summed E-state index contributed by atoms with van der Waals surface area (Å²) in [5.74, 6) is 1.17. The summed E-state index contributed by atoms with van der Waals surface area (Å²) in [6.45, 7) is 3.28. The monoisotopic (exact) mass is 318 g/mol. The molecule has 126 valence electrons. The number of urea groups is 1. The van der Waals surface area contributed by atoms with Crippen molar-refractivity contribution in [1.82, 2.24) is 10.6 Å². The maximum absolute atomic E-state index is 11.7. The number of hydrogen-bond donors (Lipinski definition) is 2. The molecule has 0 aromatic heterocycles. The average Bonchev–Trinajstić information content (AvgIpc) is 3.18. The molecule has 2 N–H and O–H groups in total. The Labute approximate surface area is 137 Å². The van der Waals surface area contributed by atoms with Crippen molar-refractivity contribution in [2.75, 3.05) is 32.9 Å². The molecule has 2 aliphatic rings. The first-order valence-electron chi connectivity index (χ1n) is 8.59. The highest BCUT2D eigenvalue weighted by Crippen LogP contribution is 2.46. The van der Waals surface area contributed by atoms with E-state index in [-0.39, 0.29) is 12.1 Å². The zero-order valence-corrected chi connectivity index (χ0v) is 13.5. The second kappa shape index (κ2) is 8.31. The Morgan fingerprint density at radius 2 is 2.13 bits per heavy atom. The van der Waals surface area contributed by atoms with Gasteiger partial charge in [0.1, 0.15) is 0 Å². The molecular weight excluding hydrogens is 292 g/mol. The van der Waals surface area contributed by atoms with Gasteiger partial charge in [-0.1, -0.05) is 30.3 Å². The van der Waals surface area contributed by atoms with Crippen molar-refractivity contribution in [1.29, 1.82) is 0 Å². The summed E-state index contributed by atoms with van der Waals surface area (Å²) in [6, 6.07) is 10.4. The van der Waals surface area contributed by atoms with Crippen molar-refractivity contribution >= 4 is 6.03 Å². The normalized spacial score (nSPS) is 26.0. The van der Waals surface area contributed by atoms with E-state index in [1.54, 1.807) is 0 Å². The fourth-order valence-corrected chi connectivity index (χ4v) is 3.10. The van der Waals surface area contributed by atoms with Crippen LogP contribution in [0.3, 0.4) is 0 Å². The Bertz CT molecular complexity index is 488. The molecule has 0 bridgehead atoms. The number of rotatable bonds is 8. The molecule has 1 saturated carbocycles. The lowest BCUT2D eigenvalue weighted by Gasteiger charge is -2.11. The molecule has 23 heavy (non-hydrogen) atoms. The quantitative estimate of drug-likeness (QED) is 0.723. The molecule has 1 aromatic carbocycles. The molecule has 2 amide bonds. The molecule has 3 atom stereocenters. The van der Waals surface area contributed by atoms with Crippen LogP contribution in [0, 0.1) is 5.92 Å². The van der Waals surface area contributed by atoms with Gasteiger partial charge in [-0.25, -0.2) is 4.79 Å². The molecular formula is C18H26N2O3. The molecule has 1 aliphatic carbocycles. The molecule has 2 fully saturated rings. The van der Waals surface area contributed by atoms with Gasteiger partial charge in [-0.3, -0.25) is 0 Å². The lowest BCUT2D eigenvalue weighted by molar-refractivity contribution is 0.0188. The zero-order valence-electron chi connectivity index (χ0n) is 13.5. The van der Waals surface area contributed by atoms with Crippen LogP contribution < -0.4 is 10.6 Å². The van der Waals surface area contributed by atoms with Crippen LogP contribution in [-0.4, -0.2) is 45.0 Å². The minimum absolute atomic E-state index is 0.107. The van der Waals surface area contributed by atoms with E-state index in [0.717, 1.165) is 32.4 Å². The predicted octanol–water partition coefficient (Wildman–Crippen LogP) is 2.28. The van der Waals surface area contributed by atoms with E-state index in [1.165, 1.54) is 5.56 Å². The number of benzene rings is 1. The van der Waals surface area contributed by atoms with Gasteiger partial charge in [-0.15, -0.1) is 0 Å². The summed E-state index contributed by atoms with van der Waals surface area (Å²) in [5.41, 5.74) is 1.38. The number of ether oxygens (including phenoxy) is 2. The Morgan fingerprint density at radius 1 is 1.26 bits per heavy atom. The summed E-state index contributed by atoms with van der Waals surface area (Å²) in [5, 5.41) is 5.78. The maximum atomic E-state index is 11.7. The van der Waals surface area contributed by atoms with Crippen LogP contribution in [0.25, 0.3) is 0 Å². The van der Waals surface area contributed by atoms with Crippen molar-refractivity contribution in [3.05, 3.63) is 35.9 Å². The fraction of sp³-hybridized carbons (Fsp3) is 0.611. The van der Waals surface area contributed by atoms with Gasteiger partial charge in [0.15, 0.2) is 0 Å². The van der Waals surface area contributed by atoms with Gasteiger partial charge >= 0.3 is 6.03 Å². The van der Waals surface area contributed by atoms with Crippen LogP contribution >= 0.6 is 0 Å². The Balaban J connectivity index is 1.21. The van der Waals surface area contributed by atoms with E-state index >= 15 is 0 Å². The zero-order chi connectivity index (χ0) is 15.9. The summed E-state index contributed by atoms with van der Waals surface area (Å²) < 4.78 is 11.0. The van der Waals surface area contributed by atoms with Crippen molar-refractivity contribution in [2.45, 2.75) is 31.3 Å². The number of carbonyl (C=O) groups is 1. The van der Waals surface area contributed by atoms with Gasteiger partial charge in [0.2, 0.25) is 0 Å². The molecule has 1 aliphatic heterocycles. The van der Waals surface area contributed by atoms with Crippen molar-refractivity contribution in [2.24, 2.45) is 5.92 Å². The van der Waals surface area contributed by atoms with E-state index in [2.05, 4.69) is 34.9 Å². The molecule has 0 spiro atoms. The van der Waals surface area contributed by atoms with Gasteiger partial charge in [-0.2, -0.15) is 0 Å². The van der Waals surface area contributed by atoms with Crippen LogP contribution in [0.15, 0.2) is 30.3 Å². The van der Waals surface area contributed by atoms with Crippen LogP contribution in [0.2, 0.25) is 0 Å². The van der Waals surface area contributed by atoms with Gasteiger partial charge in [0, 0.05) is 19.7 Å². The minimum Gasteiger partial charge on any atom is -0.377 e. The van der Waals surface area contributed by atoms with Crippen LogP contribution in [-0.2, 0) is 9.47 Å². The molecule has 5 heteroatoms. The maximum Gasteiger partial charge on any atom is 0.314 e. The van der Waals surface area contributed by atoms with E-state index in [4.69, 9.17) is 9.47 Å². The third-order valence-electron chi connectivity index (χ3n) is 4.53. The van der Waals surface area contributed by atoms with Gasteiger partial charge in [0.05, 0.1) is 19.3 Å². The first-order valence-corrected chi connectivity index (χ1v) is 8.59. The number of nitrogens with one attached hydrogen (secondary N) is 2. The van der Waals surface area contributed by atoms with Crippen molar-refractivity contribution in [3.63, 3.8) is 0 Å². The van der Waals surface area contributed by atoms with Crippen LogP contribution in [0.1, 0.15) is 30.7 Å². The minimum atomic E-state index is -0.107. The molecule has 1 saturated heterocycles. The molecule has 3 rings (SSSR count). The second-order valence-corrected chi connectivity index (χ2v) is 6.36. The molecule has 1 aromatic rings. The Kier molecular flexibility index (Phi) is 5.88. The largest absolute Gasteiger partial charge is 0.377 e. The van der Waals surface area contributed by atoms with Crippen LogP contribution in [0.4, 0.5) is 4.79 Å². The Hall–Kier alpha value is -1.59. The highest BCUT2D eigenvalue weighted by atomic mass is 16.5. The fourth-order valence-electron chi connectivity index (χ4n) is 3.10. The van der Waals surface area contributed by atoms with E-state index < -0.39 is 0 Å². The summed E-state index contributed by atoms with van der Waals surface area (Å²) in [4.78, 5) is 11.7. The van der Waals surface area contributed by atoms with E-state index in [0.29, 0.717) is 31.6 Å². The molecule has 0 radical (unpaired) electrons. The molecule has 1 heterocycles. The predicted molar refractivity (Wildman–Crippen MR) is 88.5 cm³/mol. The molecule has 5 nitrogen and oxygen atoms in total. The summed E-state index contributed by atoms with van der Waals surface area (Å²) in [7, 11) is 0. The average molecular weight is 318 g/mol. The standard InChI is InChI=1S/C18H26N2O3/c21-18(19-8-10-22-13-16-7-4-9-23-16)20-12-15-11-17(15)14-5-2-1-3-6-14/h1-3,5-6,15-17H,4,7-13H2,(H2,19,20,21)/t15-,16-,17+/m0/s1. The third kappa shape index (κ3) is 5.22. The van der Waals surface area contributed by atoms with Crippen molar-refractivity contribution < 1.29 is 14.3 Å². The summed E-state index contributed by atoms with van der Waals surface area (Å²) >= 11 is 0. The highest BCUT2D eigenvalue weighted by Gasteiger charge is 2.37. The smallest absolute Gasteiger partial charge is 0.314 e. The number of hydrogen-bond acceptors (Lipinski definition) is 3. The van der Waals surface area contributed by atoms with Gasteiger partial charge in [-0.05, 0) is 36.7 Å². The number of carbonyl (C=O) groups excluding carboxylic acids is 1. The van der Waals surface area contributed by atoms with Gasteiger partial charge < -0.3 is 20.1 Å². The SMILES string of the molecule is O=C(NCCOC[C@@H]1CCCO1)NC[C@@H]1C[C@@H]1c1ccccc1. The third-order valence-corrected chi connectivity index (χ3v) is 4.53. The lowest BCUT2D eigenvalue weighted by atomic mass is 10.1. The number of amides is 2.